The molecule has 0 spiro atoms. The molecule has 1 fully saturated rings. The number of hydrogen-bond donors (Lipinski definition) is 4. The number of carboxylic acid groups (broad SMARTS) is 1. The van der Waals surface area contributed by atoms with E-state index in [0.717, 1.165) is 0 Å². The Bertz CT molecular complexity index is 808. The van der Waals surface area contributed by atoms with Crippen molar-refractivity contribution in [3.63, 3.8) is 0 Å². The van der Waals surface area contributed by atoms with Gasteiger partial charge in [-0.2, -0.15) is 16.8 Å². The van der Waals surface area contributed by atoms with E-state index in [1.54, 1.807) is 0 Å². The van der Waals surface area contributed by atoms with Crippen LogP contribution in [0.3, 0.4) is 0 Å². The average Bonchev–Trinajstić information content (AvgIpc) is 2.69. The maximum Gasteiger partial charge on any atom is 0.364 e. The first kappa shape index (κ1) is 20.9. The van der Waals surface area contributed by atoms with Crippen LogP contribution in [0.4, 0.5) is 0 Å². The second-order valence-corrected chi connectivity index (χ2v) is 8.04. The first-order valence-electron chi connectivity index (χ1n) is 5.68. The summed E-state index contributed by atoms with van der Waals surface area (Å²) in [5, 5.41) is 27.4. The molecule has 0 bridgehead atoms. The molecular formula is C8H8NO14S2-. The van der Waals surface area contributed by atoms with Crippen LogP contribution in [0.25, 0.3) is 0 Å². The molecule has 2 unspecified atom stereocenters. The number of imide groups is 1. The average molecular weight is 406 g/mol. The summed E-state index contributed by atoms with van der Waals surface area (Å²) in [5.41, 5.74) is 0. The Hall–Kier alpha value is -2.18. The third-order valence-corrected chi connectivity index (χ3v) is 6.49. The number of hydrogen-bond acceptors (Lipinski definition) is 12. The molecule has 17 heteroatoms. The number of hydroxylamine groups is 2. The van der Waals surface area contributed by atoms with Crippen LogP contribution in [0.1, 0.15) is 6.42 Å². The topological polar surface area (TPSA) is 253 Å². The minimum absolute atomic E-state index is 0.838. The number of aliphatic carboxylic acids is 1. The van der Waals surface area contributed by atoms with Crippen molar-refractivity contribution in [2.24, 2.45) is 0 Å². The molecule has 0 aromatic rings. The molecule has 2 amide bonds. The second-order valence-electron chi connectivity index (χ2n) is 4.49. The van der Waals surface area contributed by atoms with Crippen LogP contribution in [0.2, 0.25) is 0 Å². The Morgan fingerprint density at radius 2 is 1.52 bits per heavy atom. The Balaban J connectivity index is 3.26. The number of aliphatic hydroxyl groups excluding tert-OH is 2. The van der Waals surface area contributed by atoms with Gasteiger partial charge in [0.25, 0.3) is 26.1 Å². The van der Waals surface area contributed by atoms with Gasteiger partial charge in [0.15, 0.2) is 6.10 Å². The lowest BCUT2D eigenvalue weighted by Gasteiger charge is -2.21. The third-order valence-electron chi connectivity index (χ3n) is 2.92. The van der Waals surface area contributed by atoms with Gasteiger partial charge in [-0.1, -0.05) is 5.06 Å². The predicted octanol–water partition coefficient (Wildman–Crippen LogP) is -5.85. The largest absolute Gasteiger partial charge is 0.547 e. The van der Waals surface area contributed by atoms with E-state index < -0.39 is 71.8 Å². The molecule has 1 rings (SSSR count). The molecule has 2 atom stereocenters. The number of nitrogens with zero attached hydrogens (tertiary/aromatic N) is 1. The van der Waals surface area contributed by atoms with Crippen LogP contribution in [-0.2, 0) is 44.3 Å². The van der Waals surface area contributed by atoms with Crippen molar-refractivity contribution in [3.8, 4) is 0 Å². The van der Waals surface area contributed by atoms with Gasteiger partial charge >= 0.3 is 16.0 Å². The van der Waals surface area contributed by atoms with Gasteiger partial charge in [0, 0.05) is 0 Å². The molecule has 0 aliphatic carbocycles. The highest BCUT2D eigenvalue weighted by atomic mass is 32.3. The minimum atomic E-state index is -5.98. The molecule has 1 saturated heterocycles. The maximum absolute atomic E-state index is 11.9. The summed E-state index contributed by atoms with van der Waals surface area (Å²) in [6.45, 7) is 0. The fraction of sp³-hybridized carbons (Fsp3) is 0.500. The quantitative estimate of drug-likeness (QED) is 0.237. The molecule has 1 heterocycles. The normalized spacial score (nSPS) is 20.2. The van der Waals surface area contributed by atoms with Crippen LogP contribution < -0.4 is 5.11 Å². The molecule has 0 aromatic carbocycles. The van der Waals surface area contributed by atoms with Crippen LogP contribution >= 0.6 is 0 Å². The minimum Gasteiger partial charge on any atom is -0.547 e. The molecule has 4 N–H and O–H groups in total. The molecule has 15 nitrogen and oxygen atoms in total. The third kappa shape index (κ3) is 3.32. The van der Waals surface area contributed by atoms with Crippen molar-refractivity contribution in [1.29, 1.82) is 0 Å². The van der Waals surface area contributed by atoms with Crippen molar-refractivity contribution < 1.29 is 65.3 Å². The van der Waals surface area contributed by atoms with Gasteiger partial charge in [0.1, 0.15) is 6.10 Å². The first-order chi connectivity index (χ1) is 11.1. The molecule has 0 aromatic heterocycles. The highest BCUT2D eigenvalue weighted by Gasteiger charge is 2.70. The monoisotopic (exact) mass is 406 g/mol. The first-order valence-corrected chi connectivity index (χ1v) is 8.56. The summed E-state index contributed by atoms with van der Waals surface area (Å²) in [5.74, 6) is -8.87. The number of aliphatic hydroxyl groups is 2. The lowest BCUT2D eigenvalue weighted by molar-refractivity contribution is -0.318. The number of carbonyl (C=O) groups is 4. The van der Waals surface area contributed by atoms with Crippen molar-refractivity contribution in [2.45, 2.75) is 22.7 Å². The number of rotatable bonds is 6. The smallest absolute Gasteiger partial charge is 0.364 e. The van der Waals surface area contributed by atoms with E-state index in [0.29, 0.717) is 0 Å². The Labute approximate surface area is 137 Å². The van der Waals surface area contributed by atoms with E-state index in [-0.39, 0.29) is 0 Å². The standard InChI is InChI=1S/C8H9NO14S2/c10-2-1-8(24(17,18)19,25(20,21)22)7(16)9(2)23-6(15)4(12)3(11)5(13)14/h3-4,11-12H,1H2,(H,13,14)(H,17,18,19)(H,20,21,22)/p-1. The molecular weight excluding hydrogens is 398 g/mol. The SMILES string of the molecule is O=C([O-])C(O)C(O)C(=O)ON1C(=O)CC(S(=O)(=O)O)(S(=O)(=O)O)C1=O. The van der Waals surface area contributed by atoms with Crippen molar-refractivity contribution in [2.75, 3.05) is 0 Å². The van der Waals surface area contributed by atoms with Crippen LogP contribution in [0, 0.1) is 0 Å². The lowest BCUT2D eigenvalue weighted by Crippen LogP contribution is -2.53. The second kappa shape index (κ2) is 6.28. The van der Waals surface area contributed by atoms with Gasteiger partial charge in [-0.05, 0) is 0 Å². The Kier molecular flexibility index (Phi) is 5.24. The van der Waals surface area contributed by atoms with E-state index in [1.165, 1.54) is 0 Å². The summed E-state index contributed by atoms with van der Waals surface area (Å²) >= 11 is 0. The Morgan fingerprint density at radius 3 is 1.84 bits per heavy atom. The lowest BCUT2D eigenvalue weighted by atomic mass is 10.2. The van der Waals surface area contributed by atoms with Crippen molar-refractivity contribution in [3.05, 3.63) is 0 Å². The summed E-state index contributed by atoms with van der Waals surface area (Å²) in [6.07, 6.45) is -7.69. The van der Waals surface area contributed by atoms with E-state index in [4.69, 9.17) is 19.3 Å². The van der Waals surface area contributed by atoms with Gasteiger partial charge < -0.3 is 25.0 Å². The fourth-order valence-corrected chi connectivity index (χ4v) is 3.93. The number of carboxylic acids is 1. The molecule has 1 aliphatic heterocycles. The summed E-state index contributed by atoms with van der Waals surface area (Å²) in [4.78, 5) is 48.9. The van der Waals surface area contributed by atoms with E-state index >= 15 is 0 Å². The molecule has 142 valence electrons. The highest BCUT2D eigenvalue weighted by molar-refractivity contribution is 8.06. The zero-order chi connectivity index (χ0) is 20.0. The molecule has 0 radical (unpaired) electrons. The number of amides is 2. The zero-order valence-corrected chi connectivity index (χ0v) is 13.1. The maximum atomic E-state index is 11.9. The molecule has 25 heavy (non-hydrogen) atoms. The zero-order valence-electron chi connectivity index (χ0n) is 11.5. The van der Waals surface area contributed by atoms with Gasteiger partial charge in [-0.3, -0.25) is 18.7 Å². The van der Waals surface area contributed by atoms with Crippen molar-refractivity contribution >= 4 is 44.0 Å². The predicted molar refractivity (Wildman–Crippen MR) is 65.4 cm³/mol. The van der Waals surface area contributed by atoms with Crippen LogP contribution in [0.5, 0.6) is 0 Å². The van der Waals surface area contributed by atoms with E-state index in [1.807, 2.05) is 0 Å². The van der Waals surface area contributed by atoms with Crippen LogP contribution in [-0.4, -0.2) is 81.3 Å². The summed E-state index contributed by atoms with van der Waals surface area (Å²) in [6, 6.07) is 0. The summed E-state index contributed by atoms with van der Waals surface area (Å²) in [7, 11) is -12.0. The van der Waals surface area contributed by atoms with Crippen molar-refractivity contribution in [1.82, 2.24) is 5.06 Å². The highest BCUT2D eigenvalue weighted by Crippen LogP contribution is 2.36. The van der Waals surface area contributed by atoms with Crippen LogP contribution in [0.15, 0.2) is 0 Å². The molecule has 1 aliphatic rings. The van der Waals surface area contributed by atoms with E-state index in [9.17, 15) is 41.1 Å². The Morgan fingerprint density at radius 1 is 1.08 bits per heavy atom. The number of carbonyl (C=O) groups excluding carboxylic acids is 4. The van der Waals surface area contributed by atoms with Gasteiger partial charge in [-0.25, -0.2) is 4.79 Å². The van der Waals surface area contributed by atoms with Gasteiger partial charge in [-0.15, -0.1) is 0 Å². The van der Waals surface area contributed by atoms with Gasteiger partial charge in [0.05, 0.1) is 12.4 Å². The van der Waals surface area contributed by atoms with E-state index in [2.05, 4.69) is 4.84 Å². The summed E-state index contributed by atoms with van der Waals surface area (Å²) < 4.78 is 58.6. The van der Waals surface area contributed by atoms with Gasteiger partial charge in [0.2, 0.25) is 0 Å². The fourth-order valence-electron chi connectivity index (χ4n) is 1.64. The molecule has 0 saturated carbocycles.